The summed E-state index contributed by atoms with van der Waals surface area (Å²) in [7, 11) is -3.73. The molecule has 2 rings (SSSR count). The molecule has 21 heavy (non-hydrogen) atoms. The summed E-state index contributed by atoms with van der Waals surface area (Å²) in [5, 5.41) is 8.91. The third-order valence-electron chi connectivity index (χ3n) is 3.53. The summed E-state index contributed by atoms with van der Waals surface area (Å²) < 4.78 is 22.8. The number of primary sulfonamides is 1. The zero-order valence-electron chi connectivity index (χ0n) is 11.5. The first kappa shape index (κ1) is 16.1. The zero-order valence-corrected chi connectivity index (χ0v) is 13.1. The predicted molar refractivity (Wildman–Crippen MR) is 84.7 cm³/mol. The van der Waals surface area contributed by atoms with Crippen molar-refractivity contribution in [1.29, 1.82) is 0 Å². The van der Waals surface area contributed by atoms with Crippen molar-refractivity contribution in [3.63, 3.8) is 0 Å². The Labute approximate surface area is 130 Å². The van der Waals surface area contributed by atoms with Crippen LogP contribution in [-0.2, 0) is 10.0 Å². The van der Waals surface area contributed by atoms with Crippen molar-refractivity contribution in [2.75, 3.05) is 25.0 Å². The van der Waals surface area contributed by atoms with E-state index in [0.717, 1.165) is 25.9 Å². The van der Waals surface area contributed by atoms with E-state index in [4.69, 9.17) is 23.2 Å². The lowest BCUT2D eigenvalue weighted by atomic mass is 10.0. The van der Waals surface area contributed by atoms with Crippen molar-refractivity contribution < 1.29 is 8.42 Å². The van der Waals surface area contributed by atoms with Gasteiger partial charge < -0.3 is 5.32 Å². The summed E-state index contributed by atoms with van der Waals surface area (Å²) in [6.07, 6.45) is 7.16. The third-order valence-corrected chi connectivity index (χ3v) is 4.77. The minimum Gasteiger partial charge on any atom is -0.381 e. The van der Waals surface area contributed by atoms with Crippen LogP contribution in [-0.4, -0.2) is 39.0 Å². The largest absolute Gasteiger partial charge is 0.381 e. The van der Waals surface area contributed by atoms with Crippen LogP contribution in [0.25, 0.3) is 0 Å². The van der Waals surface area contributed by atoms with Crippen molar-refractivity contribution in [3.05, 3.63) is 23.2 Å². The lowest BCUT2D eigenvalue weighted by molar-refractivity contribution is 0.243. The second-order valence-electron chi connectivity index (χ2n) is 5.09. The molecular weight excluding hydrogens is 310 g/mol. The molecule has 5 nitrogen and oxygen atoms in total. The summed E-state index contributed by atoms with van der Waals surface area (Å²) in [5.74, 6) is 2.64. The van der Waals surface area contributed by atoms with Crippen molar-refractivity contribution in [1.82, 2.24) is 4.90 Å². The molecule has 0 radical (unpaired) electrons. The van der Waals surface area contributed by atoms with Gasteiger partial charge >= 0.3 is 0 Å². The first-order valence-corrected chi connectivity index (χ1v) is 8.57. The molecule has 1 heterocycles. The van der Waals surface area contributed by atoms with Gasteiger partial charge in [-0.1, -0.05) is 17.5 Å². The number of terminal acetylenes is 1. The van der Waals surface area contributed by atoms with Gasteiger partial charge in [-0.25, -0.2) is 13.6 Å². The lowest BCUT2D eigenvalue weighted by Gasteiger charge is -2.31. The van der Waals surface area contributed by atoms with Crippen LogP contribution >= 0.6 is 11.6 Å². The standard InChI is InChI=1S/C14H18ClN3O2S/c1-2-7-18-8-5-11(6-9-18)17-14-10-12(21(16,19)20)3-4-13(14)15/h1,3-4,10-11,17H,5-9H2,(H2,16,19,20). The minimum atomic E-state index is -3.73. The van der Waals surface area contributed by atoms with Gasteiger partial charge in [0, 0.05) is 19.1 Å². The van der Waals surface area contributed by atoms with Gasteiger partial charge in [-0.05, 0) is 31.0 Å². The highest BCUT2D eigenvalue weighted by molar-refractivity contribution is 7.89. The summed E-state index contributed by atoms with van der Waals surface area (Å²) in [5.41, 5.74) is 0.596. The van der Waals surface area contributed by atoms with Gasteiger partial charge in [-0.3, -0.25) is 4.90 Å². The molecule has 0 aromatic heterocycles. The highest BCUT2D eigenvalue weighted by Gasteiger charge is 2.19. The number of nitrogens with two attached hydrogens (primary N) is 1. The molecule has 0 saturated carbocycles. The van der Waals surface area contributed by atoms with E-state index in [2.05, 4.69) is 16.1 Å². The Bertz CT molecular complexity index is 647. The lowest BCUT2D eigenvalue weighted by Crippen LogP contribution is -2.39. The van der Waals surface area contributed by atoms with Crippen molar-refractivity contribution >= 4 is 27.3 Å². The van der Waals surface area contributed by atoms with Crippen LogP contribution in [0.15, 0.2) is 23.1 Å². The molecule has 0 atom stereocenters. The second-order valence-corrected chi connectivity index (χ2v) is 7.05. The van der Waals surface area contributed by atoms with Crippen LogP contribution in [0.1, 0.15) is 12.8 Å². The number of hydrogen-bond acceptors (Lipinski definition) is 4. The Kier molecular flexibility index (Phi) is 5.12. The van der Waals surface area contributed by atoms with Gasteiger partial charge in [-0.15, -0.1) is 6.42 Å². The maximum absolute atomic E-state index is 11.4. The number of piperidine rings is 1. The molecule has 1 aliphatic heterocycles. The van der Waals surface area contributed by atoms with Gasteiger partial charge in [0.2, 0.25) is 10.0 Å². The van der Waals surface area contributed by atoms with E-state index in [0.29, 0.717) is 17.3 Å². The van der Waals surface area contributed by atoms with Crippen molar-refractivity contribution in [3.8, 4) is 12.3 Å². The predicted octanol–water partition coefficient (Wildman–Crippen LogP) is 1.50. The van der Waals surface area contributed by atoms with Crippen molar-refractivity contribution in [2.24, 2.45) is 5.14 Å². The van der Waals surface area contributed by atoms with Gasteiger partial charge in [0.25, 0.3) is 0 Å². The number of rotatable bonds is 4. The molecule has 0 spiro atoms. The topological polar surface area (TPSA) is 75.4 Å². The van der Waals surface area contributed by atoms with E-state index in [9.17, 15) is 8.42 Å². The van der Waals surface area contributed by atoms with Crippen LogP contribution in [0, 0.1) is 12.3 Å². The third kappa shape index (κ3) is 4.35. The second kappa shape index (κ2) is 6.67. The van der Waals surface area contributed by atoms with E-state index in [1.54, 1.807) is 0 Å². The summed E-state index contributed by atoms with van der Waals surface area (Å²) >= 11 is 6.11. The fourth-order valence-electron chi connectivity index (χ4n) is 2.38. The molecule has 0 amide bonds. The Hall–Kier alpha value is -1.26. The minimum absolute atomic E-state index is 0.0548. The fourth-order valence-corrected chi connectivity index (χ4v) is 3.09. The highest BCUT2D eigenvalue weighted by atomic mass is 35.5. The molecule has 0 aliphatic carbocycles. The molecule has 1 saturated heterocycles. The maximum atomic E-state index is 11.4. The van der Waals surface area contributed by atoms with Crippen molar-refractivity contribution in [2.45, 2.75) is 23.8 Å². The molecular formula is C14H18ClN3O2S. The Balaban J connectivity index is 2.05. The Morgan fingerprint density at radius 2 is 2.10 bits per heavy atom. The Morgan fingerprint density at radius 1 is 1.43 bits per heavy atom. The van der Waals surface area contributed by atoms with Gasteiger partial charge in [0.1, 0.15) is 0 Å². The van der Waals surface area contributed by atoms with Gasteiger partial charge in [-0.2, -0.15) is 0 Å². The molecule has 1 aromatic rings. The summed E-state index contributed by atoms with van der Waals surface area (Å²) in [4.78, 5) is 2.26. The monoisotopic (exact) mass is 327 g/mol. The quantitative estimate of drug-likeness (QED) is 0.822. The first-order valence-electron chi connectivity index (χ1n) is 6.65. The maximum Gasteiger partial charge on any atom is 0.238 e. The Morgan fingerprint density at radius 3 is 2.67 bits per heavy atom. The summed E-state index contributed by atoms with van der Waals surface area (Å²) in [6.45, 7) is 2.48. The van der Waals surface area contributed by atoms with E-state index in [-0.39, 0.29) is 10.9 Å². The molecule has 0 bridgehead atoms. The average Bonchev–Trinajstić information content (AvgIpc) is 2.42. The number of halogens is 1. The van der Waals surface area contributed by atoms with Crippen LogP contribution in [0.2, 0.25) is 5.02 Å². The van der Waals surface area contributed by atoms with E-state index >= 15 is 0 Å². The number of benzene rings is 1. The molecule has 3 N–H and O–H groups in total. The molecule has 0 unspecified atom stereocenters. The average molecular weight is 328 g/mol. The van der Waals surface area contributed by atoms with Gasteiger partial charge in [0.15, 0.2) is 0 Å². The molecule has 114 valence electrons. The van der Waals surface area contributed by atoms with E-state index < -0.39 is 10.0 Å². The molecule has 1 aromatic carbocycles. The van der Waals surface area contributed by atoms with Crippen LogP contribution in [0.5, 0.6) is 0 Å². The fraction of sp³-hybridized carbons (Fsp3) is 0.429. The smallest absolute Gasteiger partial charge is 0.238 e. The zero-order chi connectivity index (χ0) is 15.5. The van der Waals surface area contributed by atoms with Crippen LogP contribution in [0.3, 0.4) is 0 Å². The SMILES string of the molecule is C#CCN1CCC(Nc2cc(S(N)(=O)=O)ccc2Cl)CC1. The number of sulfonamides is 1. The molecule has 1 aliphatic rings. The number of nitrogens with zero attached hydrogens (tertiary/aromatic N) is 1. The summed E-state index contributed by atoms with van der Waals surface area (Å²) in [6, 6.07) is 4.66. The number of hydrogen-bond donors (Lipinski definition) is 2. The molecule has 7 heteroatoms. The van der Waals surface area contributed by atoms with E-state index in [1.807, 2.05) is 0 Å². The van der Waals surface area contributed by atoms with E-state index in [1.165, 1.54) is 18.2 Å². The van der Waals surface area contributed by atoms with Crippen LogP contribution < -0.4 is 10.5 Å². The number of likely N-dealkylation sites (tertiary alicyclic amines) is 1. The number of nitrogens with one attached hydrogen (secondary N) is 1. The highest BCUT2D eigenvalue weighted by Crippen LogP contribution is 2.27. The van der Waals surface area contributed by atoms with Gasteiger partial charge in [0.05, 0.1) is 22.2 Å². The normalized spacial score (nSPS) is 17.4. The van der Waals surface area contributed by atoms with Crippen LogP contribution in [0.4, 0.5) is 5.69 Å². The molecule has 1 fully saturated rings. The number of anilines is 1. The first-order chi connectivity index (χ1) is 9.90.